The molecule has 0 fully saturated rings. The molecule has 0 spiro atoms. The summed E-state index contributed by atoms with van der Waals surface area (Å²) in [5.41, 5.74) is 1.45. The molecule has 0 aliphatic carbocycles. The van der Waals surface area contributed by atoms with E-state index in [1.54, 1.807) is 11.9 Å². The molecule has 1 aromatic rings. The number of unbranched alkanes of at least 4 members (excludes halogenated alkanes) is 3. The predicted octanol–water partition coefficient (Wildman–Crippen LogP) is 3.31. The molecule has 29 heavy (non-hydrogen) atoms. The van der Waals surface area contributed by atoms with Gasteiger partial charge in [0.25, 0.3) is 11.8 Å². The number of nitrogens with zero attached hydrogens (tertiary/aromatic N) is 2. The second kappa shape index (κ2) is 11.0. The van der Waals surface area contributed by atoms with Gasteiger partial charge in [0.05, 0.1) is 18.8 Å². The lowest BCUT2D eigenvalue weighted by atomic mass is 10.0. The van der Waals surface area contributed by atoms with Gasteiger partial charge in [-0.05, 0) is 30.0 Å². The smallest absolute Gasteiger partial charge is 0.277 e. The van der Waals surface area contributed by atoms with Gasteiger partial charge in [-0.2, -0.15) is 0 Å². The van der Waals surface area contributed by atoms with Crippen LogP contribution in [0.3, 0.4) is 0 Å². The lowest BCUT2D eigenvalue weighted by molar-refractivity contribution is -0.137. The molecule has 1 heterocycles. The van der Waals surface area contributed by atoms with Crippen molar-refractivity contribution in [3.63, 3.8) is 0 Å². The van der Waals surface area contributed by atoms with Crippen LogP contribution in [0.25, 0.3) is 5.57 Å². The zero-order chi connectivity index (χ0) is 21.4. The summed E-state index contributed by atoms with van der Waals surface area (Å²) in [5.74, 6) is 0.618. The molecule has 1 aliphatic heterocycles. The van der Waals surface area contributed by atoms with Gasteiger partial charge >= 0.3 is 0 Å². The number of ether oxygens (including phenoxy) is 1. The quantitative estimate of drug-likeness (QED) is 0.429. The summed E-state index contributed by atoms with van der Waals surface area (Å²) in [6, 6.07) is 7.30. The molecule has 2 amide bonds. The number of aliphatic hydroxyl groups excluding tert-OH is 1. The minimum absolute atomic E-state index is 0.0900. The number of carbonyl (C=O) groups is 2. The van der Waals surface area contributed by atoms with Gasteiger partial charge in [0, 0.05) is 20.1 Å². The molecule has 0 aromatic heterocycles. The third-order valence-electron chi connectivity index (χ3n) is 4.92. The summed E-state index contributed by atoms with van der Waals surface area (Å²) >= 11 is 0. The highest BCUT2D eigenvalue weighted by Crippen LogP contribution is 2.32. The Morgan fingerprint density at radius 2 is 1.76 bits per heavy atom. The van der Waals surface area contributed by atoms with Crippen molar-refractivity contribution in [1.29, 1.82) is 0 Å². The number of hydrogen-bond acceptors (Lipinski definition) is 5. The Balaban J connectivity index is 2.27. The number of hydrogen-bond donors (Lipinski definition) is 1. The van der Waals surface area contributed by atoms with Gasteiger partial charge in [0.1, 0.15) is 11.4 Å². The first-order valence-corrected chi connectivity index (χ1v) is 10.6. The van der Waals surface area contributed by atoms with Crippen LogP contribution in [-0.4, -0.2) is 60.1 Å². The van der Waals surface area contributed by atoms with Crippen LogP contribution in [0.5, 0.6) is 5.75 Å². The number of amides is 2. The Hall–Kier alpha value is -2.34. The van der Waals surface area contributed by atoms with Crippen LogP contribution >= 0.6 is 0 Å². The van der Waals surface area contributed by atoms with Crippen molar-refractivity contribution >= 4 is 17.4 Å². The molecule has 0 radical (unpaired) electrons. The molecular formula is C23H34N2O4. The highest BCUT2D eigenvalue weighted by Gasteiger charge is 2.40. The van der Waals surface area contributed by atoms with E-state index in [-0.39, 0.29) is 25.0 Å². The predicted molar refractivity (Wildman–Crippen MR) is 114 cm³/mol. The summed E-state index contributed by atoms with van der Waals surface area (Å²) in [7, 11) is 1.73. The van der Waals surface area contributed by atoms with Gasteiger partial charge in [0.15, 0.2) is 0 Å². The van der Waals surface area contributed by atoms with Crippen LogP contribution in [0.15, 0.2) is 30.0 Å². The summed E-state index contributed by atoms with van der Waals surface area (Å²) in [4.78, 5) is 29.2. The van der Waals surface area contributed by atoms with E-state index in [4.69, 9.17) is 4.74 Å². The van der Waals surface area contributed by atoms with E-state index in [1.807, 2.05) is 24.3 Å². The van der Waals surface area contributed by atoms with E-state index < -0.39 is 0 Å². The van der Waals surface area contributed by atoms with Crippen LogP contribution in [0.2, 0.25) is 0 Å². The van der Waals surface area contributed by atoms with Crippen LogP contribution in [0, 0.1) is 5.92 Å². The van der Waals surface area contributed by atoms with Gasteiger partial charge in [-0.15, -0.1) is 0 Å². The topological polar surface area (TPSA) is 70.1 Å². The Labute approximate surface area is 174 Å². The SMILES string of the molecule is CCCCCCN1C(=O)C(c2ccc(OCC(C)C)cc2)=C(N(C)CCO)C1=O. The maximum Gasteiger partial charge on any atom is 0.277 e. The fourth-order valence-corrected chi connectivity index (χ4v) is 3.32. The molecule has 2 rings (SSSR count). The van der Waals surface area contributed by atoms with Crippen molar-refractivity contribution in [3.05, 3.63) is 35.5 Å². The van der Waals surface area contributed by atoms with Crippen molar-refractivity contribution in [1.82, 2.24) is 9.80 Å². The minimum Gasteiger partial charge on any atom is -0.493 e. The highest BCUT2D eigenvalue weighted by atomic mass is 16.5. The molecule has 1 N–H and O–H groups in total. The molecule has 0 saturated carbocycles. The number of carbonyl (C=O) groups excluding carboxylic acids is 2. The first-order chi connectivity index (χ1) is 13.9. The Morgan fingerprint density at radius 1 is 1.07 bits per heavy atom. The van der Waals surface area contributed by atoms with Crippen LogP contribution in [-0.2, 0) is 9.59 Å². The van der Waals surface area contributed by atoms with Crippen molar-refractivity contribution in [3.8, 4) is 5.75 Å². The Kier molecular flexibility index (Phi) is 8.70. The number of benzene rings is 1. The molecule has 0 saturated heterocycles. The number of imide groups is 1. The maximum atomic E-state index is 13.1. The van der Waals surface area contributed by atoms with Crippen LogP contribution in [0.4, 0.5) is 0 Å². The number of likely N-dealkylation sites (N-methyl/N-ethyl adjacent to an activating group) is 1. The third kappa shape index (κ3) is 5.82. The number of aliphatic hydroxyl groups is 1. The first-order valence-electron chi connectivity index (χ1n) is 10.6. The van der Waals surface area contributed by atoms with E-state index >= 15 is 0 Å². The van der Waals surface area contributed by atoms with E-state index in [9.17, 15) is 14.7 Å². The second-order valence-electron chi connectivity index (χ2n) is 7.92. The summed E-state index contributed by atoms with van der Waals surface area (Å²) in [6.45, 7) is 7.54. The monoisotopic (exact) mass is 402 g/mol. The van der Waals surface area contributed by atoms with Gasteiger partial charge in [-0.3, -0.25) is 14.5 Å². The largest absolute Gasteiger partial charge is 0.493 e. The fourth-order valence-electron chi connectivity index (χ4n) is 3.32. The van der Waals surface area contributed by atoms with Crippen LogP contribution < -0.4 is 4.74 Å². The number of rotatable bonds is 12. The summed E-state index contributed by atoms with van der Waals surface area (Å²) in [5, 5.41) is 9.32. The van der Waals surface area contributed by atoms with E-state index in [0.29, 0.717) is 35.9 Å². The molecule has 1 aromatic carbocycles. The van der Waals surface area contributed by atoms with E-state index in [1.165, 1.54) is 4.90 Å². The molecule has 1 aliphatic rings. The van der Waals surface area contributed by atoms with Crippen molar-refractivity contribution in [2.75, 3.05) is 33.4 Å². The fraction of sp³-hybridized carbons (Fsp3) is 0.565. The average molecular weight is 403 g/mol. The van der Waals surface area contributed by atoms with Crippen molar-refractivity contribution in [2.45, 2.75) is 46.5 Å². The second-order valence-corrected chi connectivity index (χ2v) is 7.92. The summed E-state index contributed by atoms with van der Waals surface area (Å²) in [6.07, 6.45) is 3.98. The third-order valence-corrected chi connectivity index (χ3v) is 4.92. The standard InChI is InChI=1S/C23H34N2O4/c1-5-6-7-8-13-25-22(27)20(21(23(25)28)24(4)14-15-26)18-9-11-19(12-10-18)29-16-17(2)3/h9-12,17,26H,5-8,13-16H2,1-4H3. The molecular weight excluding hydrogens is 368 g/mol. The zero-order valence-electron chi connectivity index (χ0n) is 18.1. The average Bonchev–Trinajstić information content (AvgIpc) is 2.94. The molecule has 0 bridgehead atoms. The molecule has 160 valence electrons. The lowest BCUT2D eigenvalue weighted by Crippen LogP contribution is -2.35. The van der Waals surface area contributed by atoms with Gasteiger partial charge < -0.3 is 14.7 Å². The van der Waals surface area contributed by atoms with Gasteiger partial charge in [-0.1, -0.05) is 52.2 Å². The summed E-state index contributed by atoms with van der Waals surface area (Å²) < 4.78 is 5.72. The van der Waals surface area contributed by atoms with Gasteiger partial charge in [-0.25, -0.2) is 0 Å². The molecule has 6 nitrogen and oxygen atoms in total. The van der Waals surface area contributed by atoms with E-state index in [2.05, 4.69) is 20.8 Å². The molecule has 0 unspecified atom stereocenters. The van der Waals surface area contributed by atoms with E-state index in [0.717, 1.165) is 31.4 Å². The molecule has 0 atom stereocenters. The Bertz CT molecular complexity index is 725. The van der Waals surface area contributed by atoms with Gasteiger partial charge in [0.2, 0.25) is 0 Å². The maximum absolute atomic E-state index is 13.1. The lowest BCUT2D eigenvalue weighted by Gasteiger charge is -2.20. The highest BCUT2D eigenvalue weighted by molar-refractivity contribution is 6.35. The zero-order valence-corrected chi connectivity index (χ0v) is 18.1. The first kappa shape index (κ1) is 22.9. The Morgan fingerprint density at radius 3 is 2.34 bits per heavy atom. The molecule has 6 heteroatoms. The van der Waals surface area contributed by atoms with Crippen LogP contribution in [0.1, 0.15) is 52.0 Å². The van der Waals surface area contributed by atoms with Crippen molar-refractivity contribution < 1.29 is 19.4 Å². The minimum atomic E-state index is -0.280. The van der Waals surface area contributed by atoms with Crippen molar-refractivity contribution in [2.24, 2.45) is 5.92 Å². The normalized spacial score (nSPS) is 14.3.